The van der Waals surface area contributed by atoms with Crippen molar-refractivity contribution >= 4 is 12.4 Å². The maximum Gasteiger partial charge on any atom is 0.419 e. The third-order valence-electron chi connectivity index (χ3n) is 9.34. The summed E-state index contributed by atoms with van der Waals surface area (Å²) in [5, 5.41) is 10.1. The van der Waals surface area contributed by atoms with Crippen LogP contribution in [-0.2, 0) is 9.53 Å². The van der Waals surface area contributed by atoms with Crippen molar-refractivity contribution in [2.24, 2.45) is 23.2 Å². The van der Waals surface area contributed by atoms with Crippen molar-refractivity contribution in [3.63, 3.8) is 0 Å². The molecular weight excluding hydrogens is 494 g/mol. The first-order valence-corrected chi connectivity index (χ1v) is 13.1. The zero-order chi connectivity index (χ0) is 26.2. The summed E-state index contributed by atoms with van der Waals surface area (Å²) in [7, 11) is 0. The van der Waals surface area contributed by atoms with E-state index in [9.17, 15) is 27.9 Å². The van der Waals surface area contributed by atoms with Crippen LogP contribution < -0.4 is 4.74 Å². The van der Waals surface area contributed by atoms with Crippen LogP contribution in [0.2, 0.25) is 0 Å². The predicted octanol–water partition coefficient (Wildman–Crippen LogP) is 4.94. The van der Waals surface area contributed by atoms with E-state index >= 15 is 4.39 Å². The van der Waals surface area contributed by atoms with Crippen molar-refractivity contribution in [3.05, 3.63) is 29.1 Å². The number of carbonyl (C=O) groups excluding carboxylic acids is 2. The number of amides is 1. The monoisotopic (exact) mass is 525 g/mol. The Kier molecular flexibility index (Phi) is 5.78. The number of benzene rings is 1. The molecule has 5 aliphatic carbocycles. The van der Waals surface area contributed by atoms with Gasteiger partial charge in [0.1, 0.15) is 11.6 Å². The van der Waals surface area contributed by atoms with Crippen LogP contribution in [0, 0.1) is 29.0 Å². The zero-order valence-corrected chi connectivity index (χ0v) is 20.4. The van der Waals surface area contributed by atoms with Gasteiger partial charge in [-0.05, 0) is 86.7 Å². The SMILES string of the molecule is O=CO[C@@H]1CC(O)(C(F)(F)F)CN1C(=O)c1cc(C2CC2)c(OCC23CC4CC(CC(C4)C2)C3)cc1F. The van der Waals surface area contributed by atoms with E-state index < -0.39 is 48.3 Å². The van der Waals surface area contributed by atoms with Crippen molar-refractivity contribution in [2.45, 2.75) is 81.7 Å². The van der Waals surface area contributed by atoms with Crippen LogP contribution in [0.1, 0.15) is 79.6 Å². The number of hydrogen-bond acceptors (Lipinski definition) is 5. The minimum absolute atomic E-state index is 0.0829. The molecule has 1 amide bonds. The van der Waals surface area contributed by atoms with Crippen LogP contribution >= 0.6 is 0 Å². The van der Waals surface area contributed by atoms with Crippen LogP contribution in [0.5, 0.6) is 5.75 Å². The lowest BCUT2D eigenvalue weighted by atomic mass is 9.50. The average molecular weight is 526 g/mol. The molecule has 4 bridgehead atoms. The van der Waals surface area contributed by atoms with Crippen LogP contribution in [0.25, 0.3) is 0 Å². The smallest absolute Gasteiger partial charge is 0.419 e. The average Bonchev–Trinajstić information content (AvgIpc) is 3.59. The lowest BCUT2D eigenvalue weighted by Crippen LogP contribution is -2.48. The molecule has 0 aromatic heterocycles. The van der Waals surface area contributed by atoms with Gasteiger partial charge in [-0.15, -0.1) is 0 Å². The molecule has 202 valence electrons. The number of rotatable bonds is 7. The number of hydrogen-bond donors (Lipinski definition) is 1. The number of alkyl halides is 3. The third kappa shape index (κ3) is 4.38. The normalized spacial score (nSPS) is 36.6. The molecule has 1 saturated heterocycles. The molecule has 1 unspecified atom stereocenters. The molecule has 1 N–H and O–H groups in total. The summed E-state index contributed by atoms with van der Waals surface area (Å²) < 4.78 is 66.6. The predicted molar refractivity (Wildman–Crippen MR) is 122 cm³/mol. The molecule has 2 atom stereocenters. The van der Waals surface area contributed by atoms with Crippen LogP contribution in [0.4, 0.5) is 17.6 Å². The lowest BCUT2D eigenvalue weighted by molar-refractivity contribution is -0.254. The summed E-state index contributed by atoms with van der Waals surface area (Å²) in [5.41, 5.74) is -2.90. The second-order valence-corrected chi connectivity index (χ2v) is 12.2. The van der Waals surface area contributed by atoms with Gasteiger partial charge in [-0.3, -0.25) is 14.5 Å². The van der Waals surface area contributed by atoms with Gasteiger partial charge in [0.15, 0.2) is 11.8 Å². The lowest BCUT2D eigenvalue weighted by Gasteiger charge is -2.56. The van der Waals surface area contributed by atoms with E-state index in [1.165, 1.54) is 31.4 Å². The molecule has 1 aliphatic heterocycles. The van der Waals surface area contributed by atoms with Crippen LogP contribution in [0.3, 0.4) is 0 Å². The fraction of sp³-hybridized carbons (Fsp3) is 0.704. The van der Waals surface area contributed by atoms with Crippen molar-refractivity contribution in [1.29, 1.82) is 0 Å². The highest BCUT2D eigenvalue weighted by Crippen LogP contribution is 2.60. The van der Waals surface area contributed by atoms with Gasteiger partial charge in [0, 0.05) is 17.9 Å². The van der Waals surface area contributed by atoms with Crippen molar-refractivity contribution < 1.29 is 41.7 Å². The van der Waals surface area contributed by atoms with E-state index in [4.69, 9.17) is 4.74 Å². The number of likely N-dealkylation sites (tertiary alicyclic amines) is 1. The molecule has 6 nitrogen and oxygen atoms in total. The standard InChI is InChI=1S/C27H31F4NO5/c28-21-7-22(36-13-25-8-15-3-16(9-25)5-17(4-15)10-25)19(18-1-2-18)6-20(21)24(34)32-12-26(35,27(29,30)31)11-23(32)37-14-33/h6-7,14-18,23,35H,1-5,8-13H2/t15?,16?,17?,23-,25?,26?/m1/s1. The number of halogens is 4. The van der Waals surface area contributed by atoms with Gasteiger partial charge in [-0.2, -0.15) is 13.2 Å². The van der Waals surface area contributed by atoms with Gasteiger partial charge in [0.05, 0.1) is 18.7 Å². The van der Waals surface area contributed by atoms with Crippen molar-refractivity contribution in [1.82, 2.24) is 4.90 Å². The second kappa shape index (κ2) is 8.58. The van der Waals surface area contributed by atoms with E-state index in [0.29, 0.717) is 22.8 Å². The minimum Gasteiger partial charge on any atom is -0.493 e. The Balaban J connectivity index is 1.25. The Hall–Kier alpha value is -2.36. The molecule has 1 aromatic carbocycles. The van der Waals surface area contributed by atoms with Gasteiger partial charge in [0.25, 0.3) is 12.4 Å². The molecule has 1 aromatic rings. The summed E-state index contributed by atoms with van der Waals surface area (Å²) in [6.07, 6.45) is 1.23. The van der Waals surface area contributed by atoms with Gasteiger partial charge in [-0.1, -0.05) is 0 Å². The number of aliphatic hydroxyl groups is 1. The number of ether oxygens (including phenoxy) is 2. The maximum atomic E-state index is 15.3. The molecule has 1 heterocycles. The zero-order valence-electron chi connectivity index (χ0n) is 20.4. The molecule has 5 saturated carbocycles. The Morgan fingerprint density at radius 1 is 1.08 bits per heavy atom. The molecule has 37 heavy (non-hydrogen) atoms. The van der Waals surface area contributed by atoms with E-state index in [1.807, 2.05) is 0 Å². The maximum absolute atomic E-state index is 15.3. The van der Waals surface area contributed by atoms with Gasteiger partial charge < -0.3 is 14.6 Å². The Morgan fingerprint density at radius 3 is 2.24 bits per heavy atom. The Morgan fingerprint density at radius 2 is 1.70 bits per heavy atom. The highest BCUT2D eigenvalue weighted by molar-refractivity contribution is 5.95. The van der Waals surface area contributed by atoms with Gasteiger partial charge in [0.2, 0.25) is 0 Å². The molecule has 6 fully saturated rings. The molecule has 10 heteroatoms. The third-order valence-corrected chi connectivity index (χ3v) is 9.34. The second-order valence-electron chi connectivity index (χ2n) is 12.2. The van der Waals surface area contributed by atoms with Gasteiger partial charge >= 0.3 is 6.18 Å². The Bertz CT molecular complexity index is 1070. The fourth-order valence-electron chi connectivity index (χ4n) is 7.87. The van der Waals surface area contributed by atoms with E-state index in [1.54, 1.807) is 0 Å². The highest BCUT2D eigenvalue weighted by atomic mass is 19.4. The Labute approximate surface area is 212 Å². The van der Waals surface area contributed by atoms with Crippen molar-refractivity contribution in [2.75, 3.05) is 13.2 Å². The largest absolute Gasteiger partial charge is 0.493 e. The van der Waals surface area contributed by atoms with Crippen molar-refractivity contribution in [3.8, 4) is 5.75 Å². The summed E-state index contributed by atoms with van der Waals surface area (Å²) in [5.74, 6) is 0.721. The molecule has 0 spiro atoms. The number of nitrogens with zero attached hydrogens (tertiary/aromatic N) is 1. The summed E-state index contributed by atoms with van der Waals surface area (Å²) in [4.78, 5) is 24.7. The van der Waals surface area contributed by atoms with E-state index in [-0.39, 0.29) is 17.8 Å². The first kappa shape index (κ1) is 24.9. The van der Waals surface area contributed by atoms with E-state index in [2.05, 4.69) is 4.74 Å². The molecule has 0 radical (unpaired) electrons. The van der Waals surface area contributed by atoms with Crippen LogP contribution in [-0.4, -0.2) is 53.5 Å². The molecule has 6 aliphatic rings. The summed E-state index contributed by atoms with van der Waals surface area (Å²) in [6, 6.07) is 2.54. The number of β-amino-alcohol motifs (C(OH)–C–C–N with tert-alkyl or cyclic N) is 1. The first-order valence-electron chi connectivity index (χ1n) is 13.1. The first-order chi connectivity index (χ1) is 17.5. The molecular formula is C27H31F4NO5. The summed E-state index contributed by atoms with van der Waals surface area (Å²) >= 11 is 0. The quantitative estimate of drug-likeness (QED) is 0.403. The minimum atomic E-state index is -5.06. The highest BCUT2D eigenvalue weighted by Gasteiger charge is 2.62. The topological polar surface area (TPSA) is 76.1 Å². The number of carbonyl (C=O) groups is 2. The molecule has 7 rings (SSSR count). The van der Waals surface area contributed by atoms with Gasteiger partial charge in [-0.25, -0.2) is 4.39 Å². The van der Waals surface area contributed by atoms with Crippen LogP contribution in [0.15, 0.2) is 12.1 Å². The summed E-state index contributed by atoms with van der Waals surface area (Å²) in [6.45, 7) is -0.736. The van der Waals surface area contributed by atoms with E-state index in [0.717, 1.165) is 49.9 Å². The fourth-order valence-corrected chi connectivity index (χ4v) is 7.87.